The molecule has 174 valence electrons. The number of ether oxygens (including phenoxy) is 1. The van der Waals surface area contributed by atoms with Gasteiger partial charge in [-0.25, -0.2) is 0 Å². The Balaban J connectivity index is 1.68. The Kier molecular flexibility index (Phi) is 7.75. The van der Waals surface area contributed by atoms with Crippen molar-refractivity contribution in [2.24, 2.45) is 23.2 Å². The van der Waals surface area contributed by atoms with Gasteiger partial charge in [0, 0.05) is 0 Å². The topological polar surface area (TPSA) is 18.5 Å². The lowest BCUT2D eigenvalue weighted by Crippen LogP contribution is -2.46. The van der Waals surface area contributed by atoms with Gasteiger partial charge in [0.15, 0.2) is 8.32 Å². The summed E-state index contributed by atoms with van der Waals surface area (Å²) < 4.78 is 13.6. The van der Waals surface area contributed by atoms with E-state index in [0.717, 1.165) is 18.9 Å². The molecule has 3 aliphatic rings. The summed E-state index contributed by atoms with van der Waals surface area (Å²) in [6, 6.07) is 3.69. The van der Waals surface area contributed by atoms with Crippen molar-refractivity contribution in [3.63, 3.8) is 0 Å². The fraction of sp³-hybridized carbons (Fsp3) is 0.923. The van der Waals surface area contributed by atoms with Crippen molar-refractivity contribution < 1.29 is 9.16 Å². The second kappa shape index (κ2) is 9.31. The maximum absolute atomic E-state index is 6.93. The maximum atomic E-state index is 6.93. The summed E-state index contributed by atoms with van der Waals surface area (Å²) in [5.41, 5.74) is 2.06. The summed E-state index contributed by atoms with van der Waals surface area (Å²) in [6.45, 7) is 17.6. The lowest BCUT2D eigenvalue weighted by atomic mass is 9.60. The molecule has 0 amide bonds. The molecule has 5 atom stereocenters. The zero-order valence-electron chi connectivity index (χ0n) is 20.8. The number of fused-ring (bicyclic) bond motifs is 1. The molecule has 0 spiro atoms. The monoisotopic (exact) mass is 498 g/mol. The lowest BCUT2D eigenvalue weighted by Gasteiger charge is -2.47. The van der Waals surface area contributed by atoms with Crippen LogP contribution in [0.3, 0.4) is 0 Å². The molecule has 0 aromatic carbocycles. The first-order valence-electron chi connectivity index (χ1n) is 12.7. The molecular weight excluding hydrogens is 452 g/mol. The summed E-state index contributed by atoms with van der Waals surface area (Å²) in [5.74, 6) is 2.06. The Morgan fingerprint density at radius 3 is 2.43 bits per heavy atom. The minimum atomic E-state index is -1.58. The third-order valence-electron chi connectivity index (χ3n) is 9.39. The van der Waals surface area contributed by atoms with Gasteiger partial charge in [0.25, 0.3) is 0 Å². The van der Waals surface area contributed by atoms with E-state index in [1.807, 2.05) is 0 Å². The molecule has 0 aromatic heterocycles. The molecule has 3 fully saturated rings. The Morgan fingerprint density at radius 2 is 1.83 bits per heavy atom. The smallest absolute Gasteiger partial charge is 0.192 e. The predicted molar refractivity (Wildman–Crippen MR) is 135 cm³/mol. The molecule has 0 N–H and O–H groups in total. The number of rotatable bonds is 8. The molecule has 2 nitrogen and oxygen atoms in total. The van der Waals surface area contributed by atoms with Gasteiger partial charge in [0.2, 0.25) is 0 Å². The van der Waals surface area contributed by atoms with Crippen LogP contribution in [0.4, 0.5) is 0 Å². The highest BCUT2D eigenvalue weighted by Gasteiger charge is 2.58. The van der Waals surface area contributed by atoms with Crippen molar-refractivity contribution in [1.82, 2.24) is 0 Å². The van der Waals surface area contributed by atoms with E-state index in [-0.39, 0.29) is 11.2 Å². The van der Waals surface area contributed by atoms with Crippen molar-refractivity contribution in [3.8, 4) is 0 Å². The van der Waals surface area contributed by atoms with Gasteiger partial charge in [-0.3, -0.25) is 0 Å². The Bertz CT molecular complexity index is 620. The molecule has 1 aliphatic heterocycles. The Morgan fingerprint density at radius 1 is 1.17 bits per heavy atom. The van der Waals surface area contributed by atoms with Gasteiger partial charge in [0.05, 0.1) is 17.8 Å². The van der Waals surface area contributed by atoms with E-state index in [1.165, 1.54) is 56.7 Å². The van der Waals surface area contributed by atoms with E-state index in [0.29, 0.717) is 17.3 Å². The molecule has 2 saturated carbocycles. The van der Waals surface area contributed by atoms with Crippen LogP contribution in [0, 0.1) is 23.2 Å². The van der Waals surface area contributed by atoms with Gasteiger partial charge in [-0.05, 0) is 112 Å². The predicted octanol–water partition coefficient (Wildman–Crippen LogP) is 8.47. The first-order valence-corrected chi connectivity index (χ1v) is 16.1. The van der Waals surface area contributed by atoms with E-state index >= 15 is 0 Å². The fourth-order valence-corrected chi connectivity index (χ4v) is 11.6. The number of hydrogen-bond acceptors (Lipinski definition) is 2. The zero-order chi connectivity index (χ0) is 22.2. The SMILES string of the molecule is CC[Si](CC)(CC)OC(C)(C)C[C@@H]1CO[C@](C)([C@H]2CC[C@H]3/C(=C/Br)CCC[C@@]32C)C1. The molecule has 30 heavy (non-hydrogen) atoms. The average molecular weight is 500 g/mol. The first kappa shape index (κ1) is 25.0. The van der Waals surface area contributed by atoms with Crippen LogP contribution >= 0.6 is 15.9 Å². The van der Waals surface area contributed by atoms with Crippen LogP contribution in [0.1, 0.15) is 93.4 Å². The third kappa shape index (κ3) is 4.68. The molecule has 2 aliphatic carbocycles. The van der Waals surface area contributed by atoms with Crippen LogP contribution in [0.2, 0.25) is 18.1 Å². The van der Waals surface area contributed by atoms with Crippen LogP contribution < -0.4 is 0 Å². The van der Waals surface area contributed by atoms with Crippen molar-refractivity contribution in [1.29, 1.82) is 0 Å². The summed E-state index contributed by atoms with van der Waals surface area (Å²) in [5, 5.41) is 0. The summed E-state index contributed by atoms with van der Waals surface area (Å²) in [4.78, 5) is 2.24. The lowest BCUT2D eigenvalue weighted by molar-refractivity contribution is -0.0753. The molecule has 1 heterocycles. The zero-order valence-corrected chi connectivity index (χ0v) is 23.4. The van der Waals surface area contributed by atoms with Gasteiger partial charge in [-0.1, -0.05) is 49.2 Å². The van der Waals surface area contributed by atoms with Crippen LogP contribution in [0.15, 0.2) is 10.6 Å². The maximum Gasteiger partial charge on any atom is 0.192 e. The Hall–Kier alpha value is 0.357. The highest BCUT2D eigenvalue weighted by Crippen LogP contribution is 2.62. The average Bonchev–Trinajstić information content (AvgIpc) is 3.25. The molecular formula is C26H47BrO2Si. The van der Waals surface area contributed by atoms with Crippen LogP contribution in [0.5, 0.6) is 0 Å². The number of halogens is 1. The van der Waals surface area contributed by atoms with Gasteiger partial charge >= 0.3 is 0 Å². The second-order valence-corrected chi connectivity index (χ2v) is 16.9. The highest BCUT2D eigenvalue weighted by molar-refractivity contribution is 9.11. The standard InChI is InChI=1S/C26H47BrO2Si/c1-8-30(9-2,10-3)29-24(4,5)16-20-17-26(7,28-19-20)23-14-13-22-21(18-27)12-11-15-25(22,23)6/h18,20,22-23H,8-17,19H2,1-7H3/b21-18+/t20-,22-,23-,25-,26-/m0/s1. The molecule has 0 radical (unpaired) electrons. The largest absolute Gasteiger partial charge is 0.412 e. The van der Waals surface area contributed by atoms with Gasteiger partial charge in [0.1, 0.15) is 0 Å². The third-order valence-corrected chi connectivity index (χ3v) is 14.8. The molecule has 4 heteroatoms. The van der Waals surface area contributed by atoms with Crippen LogP contribution in [-0.2, 0) is 9.16 Å². The highest BCUT2D eigenvalue weighted by atomic mass is 79.9. The van der Waals surface area contributed by atoms with Crippen molar-refractivity contribution in [3.05, 3.63) is 10.6 Å². The van der Waals surface area contributed by atoms with Crippen LogP contribution in [0.25, 0.3) is 0 Å². The molecule has 0 unspecified atom stereocenters. The summed E-state index contributed by atoms with van der Waals surface area (Å²) in [6.07, 6.45) is 8.99. The second-order valence-electron chi connectivity index (χ2n) is 11.7. The normalized spacial score (nSPS) is 38.9. The van der Waals surface area contributed by atoms with E-state index < -0.39 is 8.32 Å². The molecule has 0 aromatic rings. The minimum Gasteiger partial charge on any atom is -0.412 e. The summed E-state index contributed by atoms with van der Waals surface area (Å²) >= 11 is 3.67. The van der Waals surface area contributed by atoms with E-state index in [4.69, 9.17) is 9.16 Å². The van der Waals surface area contributed by atoms with Gasteiger partial charge in [-0.2, -0.15) is 0 Å². The van der Waals surface area contributed by atoms with Crippen LogP contribution in [-0.4, -0.2) is 26.1 Å². The quantitative estimate of drug-likeness (QED) is 0.312. The van der Waals surface area contributed by atoms with Crippen molar-refractivity contribution >= 4 is 24.2 Å². The van der Waals surface area contributed by atoms with Gasteiger partial charge < -0.3 is 9.16 Å². The molecule has 1 saturated heterocycles. The van der Waals surface area contributed by atoms with E-state index in [9.17, 15) is 0 Å². The summed E-state index contributed by atoms with van der Waals surface area (Å²) in [7, 11) is -1.58. The van der Waals surface area contributed by atoms with Gasteiger partial charge in [-0.15, -0.1) is 0 Å². The van der Waals surface area contributed by atoms with E-state index in [2.05, 4.69) is 69.4 Å². The van der Waals surface area contributed by atoms with Crippen molar-refractivity contribution in [2.45, 2.75) is 123 Å². The molecule has 0 bridgehead atoms. The first-order chi connectivity index (χ1) is 14.1. The minimum absolute atomic E-state index is 0.0354. The van der Waals surface area contributed by atoms with Crippen molar-refractivity contribution in [2.75, 3.05) is 6.61 Å². The fourth-order valence-electron chi connectivity index (χ4n) is 7.84. The van der Waals surface area contributed by atoms with E-state index in [1.54, 1.807) is 5.57 Å². The number of allylic oxidation sites excluding steroid dienone is 1. The Labute approximate surface area is 196 Å². The molecule has 3 rings (SSSR count). The number of hydrogen-bond donors (Lipinski definition) is 0.